The minimum atomic E-state index is -0.331. The molecule has 1 aromatic rings. The molecule has 2 fully saturated rings. The second-order valence-corrected chi connectivity index (χ2v) is 7.72. The number of aliphatic hydroxyl groups excluding tert-OH is 1. The van der Waals surface area contributed by atoms with Crippen molar-refractivity contribution in [3.8, 4) is 6.07 Å². The Morgan fingerprint density at radius 2 is 2.11 bits per heavy atom. The average Bonchev–Trinajstić information content (AvgIpc) is 3.25. The number of hydrogen-bond acceptors (Lipinski definition) is 4. The van der Waals surface area contributed by atoms with Gasteiger partial charge >= 0.3 is 0 Å². The van der Waals surface area contributed by atoms with Crippen LogP contribution in [-0.2, 0) is 16.1 Å². The van der Waals surface area contributed by atoms with Crippen molar-refractivity contribution >= 4 is 12.0 Å². The molecule has 1 aromatic heterocycles. The van der Waals surface area contributed by atoms with Crippen molar-refractivity contribution in [2.75, 3.05) is 6.61 Å². The molecule has 0 bridgehead atoms. The van der Waals surface area contributed by atoms with Crippen molar-refractivity contribution in [3.05, 3.63) is 28.6 Å². The third-order valence-corrected chi connectivity index (χ3v) is 5.72. The molecule has 0 radical (unpaired) electrons. The maximum Gasteiger partial charge on any atom is 0.262 e. The Kier molecular flexibility index (Phi) is 6.35. The van der Waals surface area contributed by atoms with E-state index in [0.29, 0.717) is 12.8 Å². The van der Waals surface area contributed by atoms with Crippen molar-refractivity contribution in [1.82, 2.24) is 9.88 Å². The van der Waals surface area contributed by atoms with Crippen LogP contribution in [0.5, 0.6) is 0 Å². The largest absolute Gasteiger partial charge is 0.393 e. The Morgan fingerprint density at radius 3 is 2.74 bits per heavy atom. The third-order valence-electron chi connectivity index (χ3n) is 5.72. The quantitative estimate of drug-likeness (QED) is 0.615. The minimum Gasteiger partial charge on any atom is -0.393 e. The summed E-state index contributed by atoms with van der Waals surface area (Å²) in [6, 6.07) is 4.10. The highest BCUT2D eigenvalue weighted by Gasteiger charge is 2.23. The maximum atomic E-state index is 12.5. The molecule has 1 unspecified atom stereocenters. The van der Waals surface area contributed by atoms with Crippen molar-refractivity contribution < 1.29 is 14.6 Å². The summed E-state index contributed by atoms with van der Waals surface area (Å²) in [5.41, 5.74) is 3.17. The van der Waals surface area contributed by atoms with Gasteiger partial charge in [-0.15, -0.1) is 0 Å². The molecule has 2 N–H and O–H groups in total. The molecule has 1 amide bonds. The number of amides is 1. The zero-order chi connectivity index (χ0) is 19.4. The van der Waals surface area contributed by atoms with E-state index in [1.54, 1.807) is 6.08 Å². The molecule has 2 heterocycles. The van der Waals surface area contributed by atoms with E-state index in [2.05, 4.69) is 9.88 Å². The van der Waals surface area contributed by atoms with E-state index in [9.17, 15) is 15.2 Å². The smallest absolute Gasteiger partial charge is 0.262 e. The topological polar surface area (TPSA) is 87.3 Å². The van der Waals surface area contributed by atoms with Crippen LogP contribution in [0, 0.1) is 25.2 Å². The Balaban J connectivity index is 1.71. The van der Waals surface area contributed by atoms with Gasteiger partial charge < -0.3 is 19.7 Å². The first-order chi connectivity index (χ1) is 13.0. The molecule has 1 saturated carbocycles. The summed E-state index contributed by atoms with van der Waals surface area (Å²) in [5.74, 6) is -0.331. The number of nitrogens with zero attached hydrogens (tertiary/aromatic N) is 2. The Morgan fingerprint density at radius 1 is 1.37 bits per heavy atom. The van der Waals surface area contributed by atoms with Crippen LogP contribution >= 0.6 is 0 Å². The summed E-state index contributed by atoms with van der Waals surface area (Å²) >= 11 is 0. The fraction of sp³-hybridized carbons (Fsp3) is 0.619. The van der Waals surface area contributed by atoms with Gasteiger partial charge in [-0.3, -0.25) is 4.79 Å². The van der Waals surface area contributed by atoms with Gasteiger partial charge in [0.1, 0.15) is 11.6 Å². The summed E-state index contributed by atoms with van der Waals surface area (Å²) in [6.07, 6.45) is 6.73. The molecule has 146 valence electrons. The summed E-state index contributed by atoms with van der Waals surface area (Å²) in [5, 5.41) is 22.0. The normalized spacial score (nSPS) is 26.0. The number of hydrogen-bond donors (Lipinski definition) is 2. The summed E-state index contributed by atoms with van der Waals surface area (Å²) in [6.45, 7) is 5.69. The van der Waals surface area contributed by atoms with Gasteiger partial charge in [0, 0.05) is 30.6 Å². The molecule has 3 rings (SSSR count). The molecule has 6 heteroatoms. The predicted molar refractivity (Wildman–Crippen MR) is 103 cm³/mol. The van der Waals surface area contributed by atoms with Gasteiger partial charge in [0.05, 0.1) is 12.2 Å². The number of nitrogens with one attached hydrogen (secondary N) is 1. The highest BCUT2D eigenvalue weighted by molar-refractivity contribution is 6.02. The van der Waals surface area contributed by atoms with Crippen LogP contribution in [0.1, 0.15) is 55.5 Å². The van der Waals surface area contributed by atoms with Gasteiger partial charge in [-0.25, -0.2) is 0 Å². The van der Waals surface area contributed by atoms with Crippen LogP contribution in [0.15, 0.2) is 11.6 Å². The van der Waals surface area contributed by atoms with Crippen molar-refractivity contribution in [3.63, 3.8) is 0 Å². The van der Waals surface area contributed by atoms with Gasteiger partial charge in [0.15, 0.2) is 0 Å². The molecule has 1 saturated heterocycles. The summed E-state index contributed by atoms with van der Waals surface area (Å²) in [7, 11) is 0. The number of nitriles is 1. The van der Waals surface area contributed by atoms with Gasteiger partial charge in [0.25, 0.3) is 5.91 Å². The first-order valence-electron chi connectivity index (χ1n) is 9.87. The van der Waals surface area contributed by atoms with Gasteiger partial charge in [-0.2, -0.15) is 5.26 Å². The van der Waals surface area contributed by atoms with Crippen LogP contribution in [0.4, 0.5) is 0 Å². The number of carbonyl (C=O) groups is 1. The van der Waals surface area contributed by atoms with E-state index in [1.807, 2.05) is 26.0 Å². The first-order valence-corrected chi connectivity index (χ1v) is 9.87. The lowest BCUT2D eigenvalue weighted by atomic mass is 9.93. The van der Waals surface area contributed by atoms with Gasteiger partial charge in [-0.05, 0) is 70.1 Å². The molecule has 2 aliphatic rings. The molecule has 27 heavy (non-hydrogen) atoms. The average molecular weight is 371 g/mol. The molecular weight excluding hydrogens is 342 g/mol. The van der Waals surface area contributed by atoms with Crippen LogP contribution in [0.3, 0.4) is 0 Å². The van der Waals surface area contributed by atoms with Gasteiger partial charge in [-0.1, -0.05) is 0 Å². The van der Waals surface area contributed by atoms with Crippen molar-refractivity contribution in [1.29, 1.82) is 5.26 Å². The SMILES string of the molecule is Cc1cc(/C=C(\C#N)C(=O)NC2CCC(O)CC2)c(C)n1CC1CCCO1. The number of aromatic nitrogens is 1. The fourth-order valence-corrected chi connectivity index (χ4v) is 4.03. The van der Waals surface area contributed by atoms with Crippen LogP contribution in [-0.4, -0.2) is 40.4 Å². The molecular formula is C21H29N3O3. The summed E-state index contributed by atoms with van der Waals surface area (Å²) in [4.78, 5) is 12.5. The van der Waals surface area contributed by atoms with Crippen LogP contribution in [0.25, 0.3) is 6.08 Å². The number of aliphatic hydroxyl groups is 1. The van der Waals surface area contributed by atoms with Crippen molar-refractivity contribution in [2.45, 2.75) is 77.2 Å². The molecule has 1 aliphatic heterocycles. The van der Waals surface area contributed by atoms with E-state index in [1.165, 1.54) is 0 Å². The molecule has 6 nitrogen and oxygen atoms in total. The Hall–Kier alpha value is -2.10. The van der Waals surface area contributed by atoms with Gasteiger partial charge in [0.2, 0.25) is 0 Å². The number of ether oxygens (including phenoxy) is 1. The lowest BCUT2D eigenvalue weighted by molar-refractivity contribution is -0.118. The molecule has 0 aromatic carbocycles. The number of aryl methyl sites for hydroxylation is 1. The highest BCUT2D eigenvalue weighted by atomic mass is 16.5. The van der Waals surface area contributed by atoms with Crippen LogP contribution < -0.4 is 5.32 Å². The maximum absolute atomic E-state index is 12.5. The predicted octanol–water partition coefficient (Wildman–Crippen LogP) is 2.61. The van der Waals surface area contributed by atoms with Crippen molar-refractivity contribution in [2.24, 2.45) is 0 Å². The van der Waals surface area contributed by atoms with E-state index in [0.717, 1.165) is 55.8 Å². The molecule has 0 spiro atoms. The zero-order valence-electron chi connectivity index (χ0n) is 16.2. The minimum absolute atomic E-state index is 0.0320. The summed E-state index contributed by atoms with van der Waals surface area (Å²) < 4.78 is 7.94. The molecule has 1 aliphatic carbocycles. The second-order valence-electron chi connectivity index (χ2n) is 7.72. The monoisotopic (exact) mass is 371 g/mol. The van der Waals surface area contributed by atoms with E-state index in [4.69, 9.17) is 4.74 Å². The Labute approximate surface area is 160 Å². The number of rotatable bonds is 5. The lowest BCUT2D eigenvalue weighted by Gasteiger charge is -2.26. The zero-order valence-corrected chi connectivity index (χ0v) is 16.2. The first kappa shape index (κ1) is 19.7. The molecule has 1 atom stereocenters. The van der Waals surface area contributed by atoms with E-state index < -0.39 is 0 Å². The van der Waals surface area contributed by atoms with E-state index >= 15 is 0 Å². The van der Waals surface area contributed by atoms with E-state index in [-0.39, 0.29) is 29.7 Å². The standard InChI is InChI=1S/C21H29N3O3/c1-14-10-16(15(2)24(14)13-20-4-3-9-27-20)11-17(12-22)21(26)23-18-5-7-19(25)8-6-18/h10-11,18-20,25H,3-9,13H2,1-2H3,(H,23,26)/b17-11+. The van der Waals surface area contributed by atoms with Crippen LogP contribution in [0.2, 0.25) is 0 Å². The highest BCUT2D eigenvalue weighted by Crippen LogP contribution is 2.23. The lowest BCUT2D eigenvalue weighted by Crippen LogP contribution is -2.39. The second kappa shape index (κ2) is 8.73. The number of carbonyl (C=O) groups excluding carboxylic acids is 1. The Bertz CT molecular complexity index is 745. The third kappa shape index (κ3) is 4.79. The fourth-order valence-electron chi connectivity index (χ4n) is 4.03.